The molecule has 3 aromatic rings. The Morgan fingerprint density at radius 3 is 2.00 bits per heavy atom. The van der Waals surface area contributed by atoms with Crippen LogP contribution in [0.3, 0.4) is 0 Å². The zero-order valence-electron chi connectivity index (χ0n) is 20.7. The van der Waals surface area contributed by atoms with Crippen molar-refractivity contribution in [1.82, 2.24) is 4.57 Å². The molecule has 0 bridgehead atoms. The SMILES string of the molecule is CCOC(=O)C1=C(N)n2c(s/c(=C/c3ccc(C)cc3)c2=O)=C(C(=O)OCC)[C@@H]1c1ccc(C)cc1. The van der Waals surface area contributed by atoms with E-state index >= 15 is 0 Å². The van der Waals surface area contributed by atoms with Crippen molar-refractivity contribution in [3.63, 3.8) is 0 Å². The average Bonchev–Trinajstić information content (AvgIpc) is 3.17. The molecule has 2 N–H and O–H groups in total. The van der Waals surface area contributed by atoms with Crippen molar-refractivity contribution in [3.05, 3.63) is 95.9 Å². The van der Waals surface area contributed by atoms with E-state index < -0.39 is 23.4 Å². The molecule has 2 aromatic carbocycles. The number of hydrogen-bond acceptors (Lipinski definition) is 7. The lowest BCUT2D eigenvalue weighted by Gasteiger charge is -2.27. The fourth-order valence-electron chi connectivity index (χ4n) is 4.17. The molecule has 1 aliphatic heterocycles. The molecule has 0 radical (unpaired) electrons. The quantitative estimate of drug-likeness (QED) is 0.518. The molecule has 0 fully saturated rings. The molecular formula is C28H28N2O5S. The van der Waals surface area contributed by atoms with E-state index in [1.807, 2.05) is 62.4 Å². The third-order valence-electron chi connectivity index (χ3n) is 5.92. The first-order chi connectivity index (χ1) is 17.3. The molecule has 0 saturated carbocycles. The van der Waals surface area contributed by atoms with Crippen molar-refractivity contribution in [1.29, 1.82) is 0 Å². The van der Waals surface area contributed by atoms with Gasteiger partial charge in [-0.15, -0.1) is 11.3 Å². The summed E-state index contributed by atoms with van der Waals surface area (Å²) in [7, 11) is 0. The Bertz CT molecular complexity index is 1530. The van der Waals surface area contributed by atoms with Crippen molar-refractivity contribution in [2.75, 3.05) is 13.2 Å². The Morgan fingerprint density at radius 1 is 0.917 bits per heavy atom. The highest BCUT2D eigenvalue weighted by Crippen LogP contribution is 2.37. The number of aromatic nitrogens is 1. The number of carbonyl (C=O) groups excluding carboxylic acids is 2. The topological polar surface area (TPSA) is 101 Å². The summed E-state index contributed by atoms with van der Waals surface area (Å²) in [6, 6.07) is 15.2. The highest BCUT2D eigenvalue weighted by Gasteiger charge is 2.39. The number of carbonyl (C=O) groups is 2. The Hall–Kier alpha value is -3.91. The molecule has 0 spiro atoms. The van der Waals surface area contributed by atoms with Gasteiger partial charge in [-0.2, -0.15) is 0 Å². The molecule has 0 amide bonds. The molecule has 1 atom stereocenters. The zero-order chi connectivity index (χ0) is 26.0. The number of hydrogen-bond donors (Lipinski definition) is 1. The second kappa shape index (κ2) is 10.4. The minimum Gasteiger partial charge on any atom is -0.463 e. The summed E-state index contributed by atoms with van der Waals surface area (Å²) in [6.07, 6.45) is 1.75. The average molecular weight is 505 g/mol. The lowest BCUT2D eigenvalue weighted by molar-refractivity contribution is -0.138. The van der Waals surface area contributed by atoms with Crippen LogP contribution in [0.15, 0.2) is 58.9 Å². The number of benzene rings is 2. The molecule has 36 heavy (non-hydrogen) atoms. The van der Waals surface area contributed by atoms with Crippen molar-refractivity contribution in [2.45, 2.75) is 33.6 Å². The van der Waals surface area contributed by atoms with Crippen molar-refractivity contribution in [3.8, 4) is 0 Å². The lowest BCUT2D eigenvalue weighted by atomic mass is 9.83. The summed E-state index contributed by atoms with van der Waals surface area (Å²) in [4.78, 5) is 40.1. The normalized spacial score (nSPS) is 15.6. The summed E-state index contributed by atoms with van der Waals surface area (Å²) < 4.78 is 12.7. The van der Waals surface area contributed by atoms with Crippen LogP contribution in [-0.4, -0.2) is 29.7 Å². The van der Waals surface area contributed by atoms with Crippen LogP contribution in [0.25, 0.3) is 17.5 Å². The summed E-state index contributed by atoms with van der Waals surface area (Å²) in [6.45, 7) is 7.57. The van der Waals surface area contributed by atoms with E-state index in [0.717, 1.165) is 28.0 Å². The van der Waals surface area contributed by atoms with Crippen LogP contribution < -0.4 is 20.5 Å². The standard InChI is InChI=1S/C28H28N2O5S/c1-5-34-27(32)22-21(19-13-9-17(4)10-14-19)23(28(33)35-6-2)26-30(24(22)29)25(31)20(36-26)15-18-11-7-16(3)8-12-18/h7-15,21H,5-6,29H2,1-4H3/b20-15+/t21-/m1/s1. The highest BCUT2D eigenvalue weighted by atomic mass is 32.1. The van der Waals surface area contributed by atoms with E-state index in [9.17, 15) is 14.4 Å². The Kier molecular flexibility index (Phi) is 7.26. The summed E-state index contributed by atoms with van der Waals surface area (Å²) >= 11 is 1.15. The van der Waals surface area contributed by atoms with Gasteiger partial charge in [-0.1, -0.05) is 59.7 Å². The summed E-state index contributed by atoms with van der Waals surface area (Å²) in [5.41, 5.74) is 9.94. The summed E-state index contributed by atoms with van der Waals surface area (Å²) in [5, 5.41) is 0. The highest BCUT2D eigenvalue weighted by molar-refractivity contribution is 7.07. The third kappa shape index (κ3) is 4.64. The molecule has 4 rings (SSSR count). The molecule has 8 heteroatoms. The number of nitrogens with two attached hydrogens (primary N) is 1. The van der Waals surface area contributed by atoms with Gasteiger partial charge in [-0.25, -0.2) is 9.59 Å². The fourth-order valence-corrected chi connectivity index (χ4v) is 5.33. The van der Waals surface area contributed by atoms with Crippen molar-refractivity contribution < 1.29 is 19.1 Å². The van der Waals surface area contributed by atoms with Gasteiger partial charge in [0.1, 0.15) is 10.5 Å². The predicted octanol–water partition coefficient (Wildman–Crippen LogP) is 2.56. The smallest absolute Gasteiger partial charge is 0.338 e. The third-order valence-corrected chi connectivity index (χ3v) is 7.03. The van der Waals surface area contributed by atoms with E-state index in [2.05, 4.69) is 0 Å². The molecule has 7 nitrogen and oxygen atoms in total. The number of esters is 2. The molecule has 1 aliphatic rings. The van der Waals surface area contributed by atoms with Crippen LogP contribution in [0.1, 0.15) is 42.0 Å². The van der Waals surface area contributed by atoms with Crippen LogP contribution in [0.5, 0.6) is 0 Å². The minimum absolute atomic E-state index is 0.0399. The molecule has 2 heterocycles. The number of fused-ring (bicyclic) bond motifs is 1. The largest absolute Gasteiger partial charge is 0.463 e. The fraction of sp³-hybridized carbons (Fsp3) is 0.250. The maximum absolute atomic E-state index is 13.5. The Labute approximate surface area is 212 Å². The van der Waals surface area contributed by atoms with E-state index in [-0.39, 0.29) is 30.2 Å². The predicted molar refractivity (Wildman–Crippen MR) is 141 cm³/mol. The van der Waals surface area contributed by atoms with Gasteiger partial charge in [0, 0.05) is 0 Å². The molecule has 186 valence electrons. The van der Waals surface area contributed by atoms with Gasteiger partial charge in [-0.05, 0) is 44.9 Å². The van der Waals surface area contributed by atoms with Crippen molar-refractivity contribution >= 4 is 40.7 Å². The summed E-state index contributed by atoms with van der Waals surface area (Å²) in [5.74, 6) is -2.20. The maximum Gasteiger partial charge on any atom is 0.338 e. The van der Waals surface area contributed by atoms with Crippen LogP contribution >= 0.6 is 11.3 Å². The second-order valence-electron chi connectivity index (χ2n) is 8.46. The first-order valence-electron chi connectivity index (χ1n) is 11.7. The Balaban J connectivity index is 2.10. The number of ether oxygens (including phenoxy) is 2. The number of rotatable bonds is 6. The lowest BCUT2D eigenvalue weighted by Crippen LogP contribution is -2.42. The molecule has 0 aliphatic carbocycles. The van der Waals surface area contributed by atoms with Gasteiger partial charge < -0.3 is 15.2 Å². The van der Waals surface area contributed by atoms with E-state index in [0.29, 0.717) is 14.8 Å². The van der Waals surface area contributed by atoms with Gasteiger partial charge in [0.2, 0.25) is 0 Å². The van der Waals surface area contributed by atoms with Crippen LogP contribution in [0.2, 0.25) is 0 Å². The van der Waals surface area contributed by atoms with Crippen LogP contribution in [0.4, 0.5) is 0 Å². The van der Waals surface area contributed by atoms with Crippen molar-refractivity contribution in [2.24, 2.45) is 5.73 Å². The van der Waals surface area contributed by atoms with Crippen LogP contribution in [-0.2, 0) is 19.1 Å². The van der Waals surface area contributed by atoms with Crippen LogP contribution in [0, 0.1) is 13.8 Å². The van der Waals surface area contributed by atoms with Gasteiger partial charge in [-0.3, -0.25) is 9.36 Å². The first-order valence-corrected chi connectivity index (χ1v) is 12.5. The molecule has 0 unspecified atom stereocenters. The van der Waals surface area contributed by atoms with Gasteiger partial charge >= 0.3 is 11.9 Å². The zero-order valence-corrected chi connectivity index (χ0v) is 21.5. The Morgan fingerprint density at radius 2 is 1.44 bits per heavy atom. The number of nitrogens with zero attached hydrogens (tertiary/aromatic N) is 1. The molecule has 0 saturated heterocycles. The van der Waals surface area contributed by atoms with E-state index in [1.165, 1.54) is 4.57 Å². The second-order valence-corrected chi connectivity index (χ2v) is 9.49. The van der Waals surface area contributed by atoms with E-state index in [1.54, 1.807) is 19.9 Å². The number of aryl methyl sites for hydroxylation is 2. The first kappa shape index (κ1) is 25.2. The van der Waals surface area contributed by atoms with Gasteiger partial charge in [0.15, 0.2) is 0 Å². The molecule has 1 aromatic heterocycles. The van der Waals surface area contributed by atoms with Gasteiger partial charge in [0.25, 0.3) is 5.56 Å². The van der Waals surface area contributed by atoms with Gasteiger partial charge in [0.05, 0.1) is 34.8 Å². The molecular weight excluding hydrogens is 476 g/mol. The van der Waals surface area contributed by atoms with E-state index in [4.69, 9.17) is 15.2 Å². The maximum atomic E-state index is 13.5. The monoisotopic (exact) mass is 504 g/mol. The minimum atomic E-state index is -0.853. The number of thiazole rings is 1.